The molecule has 0 aromatic heterocycles. The predicted molar refractivity (Wildman–Crippen MR) is 153 cm³/mol. The summed E-state index contributed by atoms with van der Waals surface area (Å²) in [7, 11) is -7.64. The second-order valence-corrected chi connectivity index (χ2v) is 13.6. The zero-order valence-electron chi connectivity index (χ0n) is 21.8. The largest absolute Gasteiger partial charge is 0.367 e. The highest BCUT2D eigenvalue weighted by molar-refractivity contribution is 7.92. The maximum atomic E-state index is 14.4. The molecule has 0 spiro atoms. The number of halogens is 1. The van der Waals surface area contributed by atoms with Gasteiger partial charge in [-0.25, -0.2) is 25.9 Å². The smallest absolute Gasteiger partial charge is 0.243 e. The van der Waals surface area contributed by atoms with E-state index in [0.717, 1.165) is 24.0 Å². The van der Waals surface area contributed by atoms with Gasteiger partial charge in [-0.2, -0.15) is 0 Å². The highest BCUT2D eigenvalue weighted by Gasteiger charge is 2.30. The first-order valence-electron chi connectivity index (χ1n) is 13.2. The number of fused-ring (bicyclic) bond motifs is 1. The van der Waals surface area contributed by atoms with E-state index in [1.807, 2.05) is 34.1 Å². The van der Waals surface area contributed by atoms with Crippen molar-refractivity contribution in [3.8, 4) is 0 Å². The first-order valence-corrected chi connectivity index (χ1v) is 16.3. The Balaban J connectivity index is 1.46. The summed E-state index contributed by atoms with van der Waals surface area (Å²) in [6.45, 7) is 3.49. The summed E-state index contributed by atoms with van der Waals surface area (Å²) in [5.41, 5.74) is 3.29. The van der Waals surface area contributed by atoms with Gasteiger partial charge in [-0.15, -0.1) is 0 Å². The third-order valence-electron chi connectivity index (χ3n) is 7.38. The van der Waals surface area contributed by atoms with E-state index < -0.39 is 20.0 Å². The minimum atomic E-state index is -4.04. The van der Waals surface area contributed by atoms with Gasteiger partial charge in [0.2, 0.25) is 20.0 Å². The molecule has 0 bridgehead atoms. The first-order chi connectivity index (χ1) is 18.7. The lowest BCUT2D eigenvalue weighted by Gasteiger charge is -2.38. The fourth-order valence-electron chi connectivity index (χ4n) is 5.33. The van der Waals surface area contributed by atoms with E-state index in [0.29, 0.717) is 44.0 Å². The van der Waals surface area contributed by atoms with Crippen LogP contribution in [0.4, 0.5) is 21.5 Å². The molecule has 3 aromatic rings. The number of benzene rings is 3. The number of piperazine rings is 1. The van der Waals surface area contributed by atoms with Crippen molar-refractivity contribution < 1.29 is 21.2 Å². The van der Waals surface area contributed by atoms with E-state index in [4.69, 9.17) is 0 Å². The van der Waals surface area contributed by atoms with Crippen LogP contribution in [-0.2, 0) is 26.5 Å². The van der Waals surface area contributed by atoms with E-state index in [1.54, 1.807) is 30.3 Å². The van der Waals surface area contributed by atoms with Crippen molar-refractivity contribution in [1.29, 1.82) is 0 Å². The normalized spacial score (nSPS) is 18.1. The molecule has 208 valence electrons. The second-order valence-electron chi connectivity index (χ2n) is 9.88. The lowest BCUT2D eigenvalue weighted by molar-refractivity contribution is 0.507. The molecule has 1 atom stereocenters. The van der Waals surface area contributed by atoms with Crippen LogP contribution in [-0.4, -0.2) is 48.8 Å². The van der Waals surface area contributed by atoms with Gasteiger partial charge in [0.1, 0.15) is 10.7 Å². The topological polar surface area (TPSA) is 98.8 Å². The summed E-state index contributed by atoms with van der Waals surface area (Å²) in [5, 5.41) is 0. The molecule has 1 aliphatic carbocycles. The number of nitrogens with one attached hydrogen (secondary N) is 2. The first kappa shape index (κ1) is 27.4. The Morgan fingerprint density at radius 1 is 0.872 bits per heavy atom. The van der Waals surface area contributed by atoms with Gasteiger partial charge in [0, 0.05) is 37.9 Å². The van der Waals surface area contributed by atoms with Gasteiger partial charge in [-0.05, 0) is 67.6 Å². The van der Waals surface area contributed by atoms with Gasteiger partial charge in [0.15, 0.2) is 0 Å². The molecule has 1 aliphatic heterocycles. The van der Waals surface area contributed by atoms with E-state index in [1.165, 1.54) is 19.1 Å². The fourth-order valence-corrected chi connectivity index (χ4v) is 7.46. The third kappa shape index (κ3) is 6.05. The van der Waals surface area contributed by atoms with E-state index >= 15 is 0 Å². The van der Waals surface area contributed by atoms with E-state index in [2.05, 4.69) is 9.44 Å². The van der Waals surface area contributed by atoms with Crippen molar-refractivity contribution in [3.63, 3.8) is 0 Å². The predicted octanol–water partition coefficient (Wildman–Crippen LogP) is 4.27. The average Bonchev–Trinajstić information content (AvgIpc) is 2.93. The highest BCUT2D eigenvalue weighted by Crippen LogP contribution is 2.35. The highest BCUT2D eigenvalue weighted by atomic mass is 32.2. The third-order valence-corrected chi connectivity index (χ3v) is 10.2. The minimum absolute atomic E-state index is 0.0150. The maximum absolute atomic E-state index is 14.4. The van der Waals surface area contributed by atoms with Crippen LogP contribution in [0.3, 0.4) is 0 Å². The summed E-state index contributed by atoms with van der Waals surface area (Å²) in [6, 6.07) is 18.7. The summed E-state index contributed by atoms with van der Waals surface area (Å²) >= 11 is 0. The molecule has 1 saturated heterocycles. The Morgan fingerprint density at radius 3 is 2.26 bits per heavy atom. The Labute approximate surface area is 229 Å². The SMILES string of the molecule is CCS(=O)(=O)Nc1ccc(N2CCN(c3ccccc3F)CC2)c(S(=O)(=O)N[C@H]2CCCc3ccccc32)c1. The molecule has 1 fully saturated rings. The van der Waals surface area contributed by atoms with Crippen molar-refractivity contribution in [2.24, 2.45) is 0 Å². The van der Waals surface area contributed by atoms with Crippen LogP contribution in [0.2, 0.25) is 0 Å². The molecule has 0 radical (unpaired) electrons. The van der Waals surface area contributed by atoms with E-state index in [9.17, 15) is 21.2 Å². The second kappa shape index (κ2) is 11.1. The molecular formula is C28H33FN4O4S2. The lowest BCUT2D eigenvalue weighted by Crippen LogP contribution is -2.47. The van der Waals surface area contributed by atoms with Gasteiger partial charge in [0.25, 0.3) is 0 Å². The van der Waals surface area contributed by atoms with Crippen LogP contribution in [0.5, 0.6) is 0 Å². The monoisotopic (exact) mass is 572 g/mol. The Bertz CT molecular complexity index is 1560. The number of nitrogens with zero attached hydrogens (tertiary/aromatic N) is 2. The van der Waals surface area contributed by atoms with Gasteiger partial charge in [-0.3, -0.25) is 4.72 Å². The van der Waals surface area contributed by atoms with Crippen LogP contribution < -0.4 is 19.2 Å². The number of anilines is 3. The van der Waals surface area contributed by atoms with Crippen molar-refractivity contribution in [1.82, 2.24) is 4.72 Å². The molecule has 1 heterocycles. The van der Waals surface area contributed by atoms with Crippen LogP contribution >= 0.6 is 0 Å². The van der Waals surface area contributed by atoms with Gasteiger partial charge >= 0.3 is 0 Å². The molecule has 11 heteroatoms. The molecular weight excluding hydrogens is 539 g/mol. The number of hydrogen-bond acceptors (Lipinski definition) is 6. The zero-order valence-corrected chi connectivity index (χ0v) is 23.4. The quantitative estimate of drug-likeness (QED) is 0.418. The summed E-state index contributed by atoms with van der Waals surface area (Å²) < 4.78 is 72.1. The standard InChI is InChI=1S/C28H33FN4O4S2/c1-2-38(34,35)30-22-14-15-27(33-18-16-32(17-19-33)26-13-6-5-11-24(26)29)28(20-22)39(36,37)31-25-12-7-9-21-8-3-4-10-23(21)25/h3-6,8,10-11,13-15,20,25,30-31H,2,7,9,12,16-19H2,1H3/t25-/m0/s1. The van der Waals surface area contributed by atoms with Crippen molar-refractivity contribution in [2.75, 3.05) is 46.5 Å². The van der Waals surface area contributed by atoms with Gasteiger partial charge in [0.05, 0.1) is 17.1 Å². The molecule has 0 amide bonds. The molecule has 2 aliphatic rings. The molecule has 2 N–H and O–H groups in total. The molecule has 5 rings (SSSR count). The Hall–Kier alpha value is -3.15. The summed E-state index contributed by atoms with van der Waals surface area (Å²) in [6.07, 6.45) is 2.45. The number of hydrogen-bond donors (Lipinski definition) is 2. The van der Waals surface area contributed by atoms with Crippen LogP contribution in [0.15, 0.2) is 71.6 Å². The molecule has 0 saturated carbocycles. The average molecular weight is 573 g/mol. The van der Waals surface area contributed by atoms with Crippen LogP contribution in [0.25, 0.3) is 0 Å². The minimum Gasteiger partial charge on any atom is -0.367 e. The fraction of sp³-hybridized carbons (Fsp3) is 0.357. The summed E-state index contributed by atoms with van der Waals surface area (Å²) in [5.74, 6) is -0.426. The van der Waals surface area contributed by atoms with E-state index in [-0.39, 0.29) is 28.2 Å². The lowest BCUT2D eigenvalue weighted by atomic mass is 9.88. The Morgan fingerprint density at radius 2 is 1.54 bits per heavy atom. The number of para-hydroxylation sites is 1. The van der Waals surface area contributed by atoms with Crippen molar-refractivity contribution >= 4 is 37.1 Å². The maximum Gasteiger partial charge on any atom is 0.243 e. The van der Waals surface area contributed by atoms with Crippen LogP contribution in [0, 0.1) is 5.82 Å². The molecule has 0 unspecified atom stereocenters. The Kier molecular flexibility index (Phi) is 7.84. The number of aryl methyl sites for hydroxylation is 1. The van der Waals surface area contributed by atoms with Crippen molar-refractivity contribution in [2.45, 2.75) is 37.1 Å². The summed E-state index contributed by atoms with van der Waals surface area (Å²) in [4.78, 5) is 3.92. The van der Waals surface area contributed by atoms with Gasteiger partial charge in [-0.1, -0.05) is 36.4 Å². The number of sulfonamides is 2. The molecule has 8 nitrogen and oxygen atoms in total. The van der Waals surface area contributed by atoms with Gasteiger partial charge < -0.3 is 9.80 Å². The van der Waals surface area contributed by atoms with Crippen molar-refractivity contribution in [3.05, 3.63) is 83.7 Å². The number of rotatable bonds is 8. The zero-order chi connectivity index (χ0) is 27.6. The molecule has 39 heavy (non-hydrogen) atoms. The molecule has 3 aromatic carbocycles. The van der Waals surface area contributed by atoms with Crippen LogP contribution in [0.1, 0.15) is 36.9 Å².